The van der Waals surface area contributed by atoms with Gasteiger partial charge in [-0.3, -0.25) is 9.59 Å². The van der Waals surface area contributed by atoms with Crippen molar-refractivity contribution in [1.82, 2.24) is 15.2 Å². The van der Waals surface area contributed by atoms with Crippen molar-refractivity contribution in [2.45, 2.75) is 63.6 Å². The molecule has 2 amide bonds. The Morgan fingerprint density at radius 3 is 2.57 bits per heavy atom. The van der Waals surface area contributed by atoms with E-state index in [4.69, 9.17) is 9.47 Å². The van der Waals surface area contributed by atoms with Crippen LogP contribution in [-0.2, 0) is 9.53 Å². The summed E-state index contributed by atoms with van der Waals surface area (Å²) in [5.74, 6) is -1.29. The van der Waals surface area contributed by atoms with Crippen molar-refractivity contribution in [3.05, 3.63) is 24.0 Å². The third-order valence-corrected chi connectivity index (χ3v) is 7.51. The summed E-state index contributed by atoms with van der Waals surface area (Å²) in [5.41, 5.74) is 0.209. The number of nitrogens with one attached hydrogen (secondary N) is 1. The van der Waals surface area contributed by atoms with Gasteiger partial charge in [0.25, 0.3) is 5.91 Å². The highest BCUT2D eigenvalue weighted by atomic mass is 19.4. The molecule has 3 aliphatic rings. The minimum absolute atomic E-state index is 0.0109. The van der Waals surface area contributed by atoms with Crippen LogP contribution in [0.4, 0.5) is 13.2 Å². The third-order valence-electron chi connectivity index (χ3n) is 7.51. The maximum Gasteiger partial charge on any atom is 0.391 e. The molecule has 1 aromatic rings. The molecule has 3 heterocycles. The first-order valence-electron chi connectivity index (χ1n) is 12.6. The molecule has 1 aromatic heterocycles. The molecule has 1 saturated carbocycles. The molecule has 1 atom stereocenters. The summed E-state index contributed by atoms with van der Waals surface area (Å²) >= 11 is 0. The molecule has 2 aliphatic heterocycles. The van der Waals surface area contributed by atoms with Crippen LogP contribution in [0.1, 0.15) is 61.9 Å². The molecule has 3 fully saturated rings. The van der Waals surface area contributed by atoms with Crippen LogP contribution in [0, 0.1) is 17.8 Å². The van der Waals surface area contributed by atoms with Crippen LogP contribution in [0.15, 0.2) is 18.3 Å². The van der Waals surface area contributed by atoms with Gasteiger partial charge in [-0.15, -0.1) is 0 Å². The average Bonchev–Trinajstić information content (AvgIpc) is 3.34. The van der Waals surface area contributed by atoms with Crippen molar-refractivity contribution in [2.75, 3.05) is 32.9 Å². The summed E-state index contributed by atoms with van der Waals surface area (Å²) in [7, 11) is 0. The zero-order valence-electron chi connectivity index (χ0n) is 19.9. The van der Waals surface area contributed by atoms with Gasteiger partial charge in [-0.2, -0.15) is 13.2 Å². The maximum absolute atomic E-state index is 13.1. The van der Waals surface area contributed by atoms with Gasteiger partial charge in [0, 0.05) is 38.4 Å². The fourth-order valence-corrected chi connectivity index (χ4v) is 5.34. The molecular weight excluding hydrogens is 463 g/mol. The number of amides is 2. The summed E-state index contributed by atoms with van der Waals surface area (Å²) in [5, 5.41) is 2.94. The van der Waals surface area contributed by atoms with Gasteiger partial charge in [-0.1, -0.05) is 0 Å². The minimum atomic E-state index is -4.18. The molecule has 0 aromatic carbocycles. The van der Waals surface area contributed by atoms with Gasteiger partial charge in [-0.25, -0.2) is 4.98 Å². The quantitative estimate of drug-likeness (QED) is 0.617. The van der Waals surface area contributed by atoms with Crippen molar-refractivity contribution < 1.29 is 32.2 Å². The lowest BCUT2D eigenvalue weighted by Crippen LogP contribution is -2.44. The Bertz CT molecular complexity index is 868. The van der Waals surface area contributed by atoms with E-state index in [9.17, 15) is 22.8 Å². The van der Waals surface area contributed by atoms with E-state index in [0.717, 1.165) is 25.7 Å². The smallest absolute Gasteiger partial charge is 0.391 e. The Morgan fingerprint density at radius 2 is 1.86 bits per heavy atom. The first kappa shape index (κ1) is 25.7. The lowest BCUT2D eigenvalue weighted by atomic mass is 9.81. The van der Waals surface area contributed by atoms with Crippen LogP contribution in [-0.4, -0.2) is 66.8 Å². The molecule has 0 bridgehead atoms. The molecule has 1 N–H and O–H groups in total. The number of rotatable bonds is 7. The summed E-state index contributed by atoms with van der Waals surface area (Å²) in [6, 6.07) is 3.22. The Hall–Kier alpha value is -2.36. The number of carbonyl (C=O) groups is 2. The Balaban J connectivity index is 1.30. The van der Waals surface area contributed by atoms with Crippen molar-refractivity contribution >= 4 is 11.8 Å². The SMILES string of the molecule is O=C(NCC1CCOCC1)c1ncccc1OCC1CCCN1C(=O)C1CCC(C(F)(F)F)CC1. The van der Waals surface area contributed by atoms with E-state index in [2.05, 4.69) is 10.3 Å². The molecule has 0 spiro atoms. The number of alkyl halides is 3. The number of carbonyl (C=O) groups excluding carboxylic acids is 2. The molecule has 0 radical (unpaired) electrons. The number of pyridine rings is 1. The second kappa shape index (κ2) is 11.6. The number of likely N-dealkylation sites (tertiary alicyclic amines) is 1. The van der Waals surface area contributed by atoms with Crippen LogP contribution in [0.3, 0.4) is 0 Å². The fraction of sp³-hybridized carbons (Fsp3) is 0.720. The highest BCUT2D eigenvalue weighted by Crippen LogP contribution is 2.40. The number of nitrogens with zero attached hydrogens (tertiary/aromatic N) is 2. The van der Waals surface area contributed by atoms with E-state index in [1.54, 1.807) is 23.2 Å². The number of halogens is 3. The Labute approximate surface area is 203 Å². The van der Waals surface area contributed by atoms with Crippen molar-refractivity contribution in [3.8, 4) is 5.75 Å². The highest BCUT2D eigenvalue weighted by Gasteiger charge is 2.44. The molecular formula is C25H34F3N3O4. The van der Waals surface area contributed by atoms with Crippen molar-refractivity contribution in [1.29, 1.82) is 0 Å². The lowest BCUT2D eigenvalue weighted by Gasteiger charge is -2.33. The van der Waals surface area contributed by atoms with Gasteiger partial charge >= 0.3 is 6.18 Å². The molecule has 1 unspecified atom stereocenters. The third kappa shape index (κ3) is 6.65. The van der Waals surface area contributed by atoms with Crippen LogP contribution in [0.2, 0.25) is 0 Å². The topological polar surface area (TPSA) is 80.8 Å². The van der Waals surface area contributed by atoms with E-state index < -0.39 is 12.1 Å². The first-order chi connectivity index (χ1) is 16.8. The zero-order chi connectivity index (χ0) is 24.8. The molecule has 1 aliphatic carbocycles. The molecule has 35 heavy (non-hydrogen) atoms. The largest absolute Gasteiger partial charge is 0.489 e. The average molecular weight is 498 g/mol. The standard InChI is InChI=1S/C25H34F3N3O4/c26-25(27,28)19-7-5-18(6-8-19)24(33)31-12-2-3-20(31)16-35-21-4-1-11-29-22(21)23(32)30-15-17-9-13-34-14-10-17/h1,4,11,17-20H,2-3,5-10,12-16H2,(H,30,32). The summed E-state index contributed by atoms with van der Waals surface area (Å²) in [6.07, 6.45) is 1.33. The number of aromatic nitrogens is 1. The predicted octanol–water partition coefficient (Wildman–Crippen LogP) is 3.98. The zero-order valence-corrected chi connectivity index (χ0v) is 19.9. The summed E-state index contributed by atoms with van der Waals surface area (Å²) in [6.45, 7) is 2.77. The number of hydrogen-bond acceptors (Lipinski definition) is 5. The Morgan fingerprint density at radius 1 is 1.11 bits per heavy atom. The van der Waals surface area contributed by atoms with Crippen LogP contribution in [0.25, 0.3) is 0 Å². The first-order valence-corrected chi connectivity index (χ1v) is 12.6. The van der Waals surface area contributed by atoms with Crippen molar-refractivity contribution in [3.63, 3.8) is 0 Å². The number of ether oxygens (including phenoxy) is 2. The maximum atomic E-state index is 13.1. The predicted molar refractivity (Wildman–Crippen MR) is 122 cm³/mol. The van der Waals surface area contributed by atoms with Gasteiger partial charge < -0.3 is 19.7 Å². The summed E-state index contributed by atoms with van der Waals surface area (Å²) in [4.78, 5) is 31.8. The fourth-order valence-electron chi connectivity index (χ4n) is 5.34. The number of hydrogen-bond donors (Lipinski definition) is 1. The highest BCUT2D eigenvalue weighted by molar-refractivity contribution is 5.94. The van der Waals surface area contributed by atoms with Gasteiger partial charge in [0.05, 0.1) is 12.0 Å². The van der Waals surface area contributed by atoms with Gasteiger partial charge in [0.2, 0.25) is 5.91 Å². The molecule has 2 saturated heterocycles. The van der Waals surface area contributed by atoms with Crippen molar-refractivity contribution in [2.24, 2.45) is 17.8 Å². The molecule has 194 valence electrons. The van der Waals surface area contributed by atoms with Gasteiger partial charge in [-0.05, 0) is 69.4 Å². The van der Waals surface area contributed by atoms with E-state index in [0.29, 0.717) is 38.0 Å². The molecule has 4 rings (SSSR count). The second-order valence-corrected chi connectivity index (χ2v) is 9.84. The normalized spacial score (nSPS) is 25.9. The van der Waals surface area contributed by atoms with Gasteiger partial charge in [0.15, 0.2) is 11.4 Å². The monoisotopic (exact) mass is 497 g/mol. The summed E-state index contributed by atoms with van der Waals surface area (Å²) < 4.78 is 50.3. The molecule has 7 nitrogen and oxygen atoms in total. The Kier molecular flexibility index (Phi) is 8.51. The lowest BCUT2D eigenvalue weighted by molar-refractivity contribution is -0.185. The van der Waals surface area contributed by atoms with E-state index in [-0.39, 0.29) is 61.8 Å². The van der Waals surface area contributed by atoms with E-state index in [1.807, 2.05) is 0 Å². The van der Waals surface area contributed by atoms with Crippen LogP contribution >= 0.6 is 0 Å². The van der Waals surface area contributed by atoms with Gasteiger partial charge in [0.1, 0.15) is 6.61 Å². The minimum Gasteiger partial charge on any atom is -0.489 e. The molecule has 10 heteroatoms. The van der Waals surface area contributed by atoms with Crippen LogP contribution in [0.5, 0.6) is 5.75 Å². The van der Waals surface area contributed by atoms with E-state index >= 15 is 0 Å². The van der Waals surface area contributed by atoms with Crippen LogP contribution < -0.4 is 10.1 Å². The van der Waals surface area contributed by atoms with E-state index in [1.165, 1.54) is 0 Å². The second-order valence-electron chi connectivity index (χ2n) is 9.84.